The molecule has 0 heterocycles. The Labute approximate surface area is 97.9 Å². The van der Waals surface area contributed by atoms with Gasteiger partial charge in [-0.05, 0) is 40.5 Å². The molecule has 1 rings (SSSR count). The molecule has 82 valence electrons. The maximum Gasteiger partial charge on any atom is 0.252 e. The van der Waals surface area contributed by atoms with Crippen LogP contribution < -0.4 is 10.1 Å². The summed E-state index contributed by atoms with van der Waals surface area (Å²) in [6.07, 6.45) is 0.924. The van der Waals surface area contributed by atoms with Crippen LogP contribution in [0.3, 0.4) is 0 Å². The molecule has 0 aliphatic rings. The van der Waals surface area contributed by atoms with Crippen LogP contribution in [0.2, 0.25) is 0 Å². The second-order valence-corrected chi connectivity index (χ2v) is 3.96. The van der Waals surface area contributed by atoms with Gasteiger partial charge in [-0.3, -0.25) is 4.79 Å². The molecule has 3 nitrogen and oxygen atoms in total. The van der Waals surface area contributed by atoms with E-state index in [2.05, 4.69) is 21.2 Å². The van der Waals surface area contributed by atoms with Crippen molar-refractivity contribution in [3.05, 3.63) is 28.2 Å². The van der Waals surface area contributed by atoms with E-state index in [0.717, 1.165) is 10.9 Å². The van der Waals surface area contributed by atoms with Gasteiger partial charge in [-0.25, -0.2) is 0 Å². The minimum Gasteiger partial charge on any atom is -0.497 e. The van der Waals surface area contributed by atoms with Gasteiger partial charge < -0.3 is 10.1 Å². The van der Waals surface area contributed by atoms with E-state index in [1.54, 1.807) is 25.3 Å². The molecule has 1 aromatic carbocycles. The SMILES string of the molecule is CCCNC(=O)c1cc(OC)ccc1Br. The molecule has 0 aliphatic heterocycles. The number of amides is 1. The molecule has 0 atom stereocenters. The lowest BCUT2D eigenvalue weighted by Gasteiger charge is -2.07. The van der Waals surface area contributed by atoms with E-state index in [4.69, 9.17) is 4.74 Å². The molecule has 0 spiro atoms. The average molecular weight is 272 g/mol. The van der Waals surface area contributed by atoms with E-state index < -0.39 is 0 Å². The summed E-state index contributed by atoms with van der Waals surface area (Å²) >= 11 is 3.34. The molecule has 1 N–H and O–H groups in total. The topological polar surface area (TPSA) is 38.3 Å². The number of carbonyl (C=O) groups excluding carboxylic acids is 1. The normalized spacial score (nSPS) is 9.80. The fourth-order valence-corrected chi connectivity index (χ4v) is 1.57. The van der Waals surface area contributed by atoms with Gasteiger partial charge in [0, 0.05) is 11.0 Å². The van der Waals surface area contributed by atoms with E-state index in [-0.39, 0.29) is 5.91 Å². The van der Waals surface area contributed by atoms with Gasteiger partial charge in [0.1, 0.15) is 5.75 Å². The zero-order chi connectivity index (χ0) is 11.3. The van der Waals surface area contributed by atoms with E-state index in [1.807, 2.05) is 6.92 Å². The predicted octanol–water partition coefficient (Wildman–Crippen LogP) is 2.60. The molecule has 0 saturated heterocycles. The molecule has 0 fully saturated rings. The summed E-state index contributed by atoms with van der Waals surface area (Å²) in [4.78, 5) is 11.7. The van der Waals surface area contributed by atoms with Gasteiger partial charge >= 0.3 is 0 Å². The lowest BCUT2D eigenvalue weighted by atomic mass is 10.2. The maximum atomic E-state index is 11.7. The smallest absolute Gasteiger partial charge is 0.252 e. The van der Waals surface area contributed by atoms with E-state index in [9.17, 15) is 4.79 Å². The van der Waals surface area contributed by atoms with Crippen LogP contribution in [0.15, 0.2) is 22.7 Å². The Morgan fingerprint density at radius 2 is 2.27 bits per heavy atom. The summed E-state index contributed by atoms with van der Waals surface area (Å²) in [6, 6.07) is 5.33. The Kier molecular flexibility index (Phi) is 4.62. The Morgan fingerprint density at radius 1 is 1.53 bits per heavy atom. The first kappa shape index (κ1) is 12.0. The summed E-state index contributed by atoms with van der Waals surface area (Å²) in [5.41, 5.74) is 0.600. The first-order valence-corrected chi connectivity index (χ1v) is 5.60. The Morgan fingerprint density at radius 3 is 2.87 bits per heavy atom. The second kappa shape index (κ2) is 5.75. The lowest BCUT2D eigenvalue weighted by Crippen LogP contribution is -2.24. The number of hydrogen-bond acceptors (Lipinski definition) is 2. The highest BCUT2D eigenvalue weighted by molar-refractivity contribution is 9.10. The predicted molar refractivity (Wildman–Crippen MR) is 63.3 cm³/mol. The number of methoxy groups -OCH3 is 1. The zero-order valence-corrected chi connectivity index (χ0v) is 10.4. The zero-order valence-electron chi connectivity index (χ0n) is 8.84. The average Bonchev–Trinajstić information content (AvgIpc) is 2.26. The van der Waals surface area contributed by atoms with Gasteiger partial charge in [-0.1, -0.05) is 6.92 Å². The molecule has 1 amide bonds. The third-order valence-electron chi connectivity index (χ3n) is 1.95. The molecular formula is C11H14BrNO2. The highest BCUT2D eigenvalue weighted by Crippen LogP contribution is 2.22. The van der Waals surface area contributed by atoms with E-state index >= 15 is 0 Å². The lowest BCUT2D eigenvalue weighted by molar-refractivity contribution is 0.0952. The van der Waals surface area contributed by atoms with Crippen molar-refractivity contribution in [2.75, 3.05) is 13.7 Å². The van der Waals surface area contributed by atoms with Gasteiger partial charge in [0.05, 0.1) is 12.7 Å². The Bertz CT molecular complexity index is 352. The van der Waals surface area contributed by atoms with Crippen molar-refractivity contribution >= 4 is 21.8 Å². The first-order valence-electron chi connectivity index (χ1n) is 4.80. The molecular weight excluding hydrogens is 258 g/mol. The molecule has 0 aromatic heterocycles. The monoisotopic (exact) mass is 271 g/mol. The number of halogens is 1. The highest BCUT2D eigenvalue weighted by Gasteiger charge is 2.10. The minimum atomic E-state index is -0.0809. The fraction of sp³-hybridized carbons (Fsp3) is 0.364. The van der Waals surface area contributed by atoms with Gasteiger partial charge in [-0.2, -0.15) is 0 Å². The Hall–Kier alpha value is -1.03. The number of benzene rings is 1. The highest BCUT2D eigenvalue weighted by atomic mass is 79.9. The van der Waals surface area contributed by atoms with Crippen LogP contribution in [0, 0.1) is 0 Å². The fourth-order valence-electron chi connectivity index (χ4n) is 1.14. The third-order valence-corrected chi connectivity index (χ3v) is 2.65. The van der Waals surface area contributed by atoms with Gasteiger partial charge in [0.2, 0.25) is 0 Å². The van der Waals surface area contributed by atoms with Crippen molar-refractivity contribution in [2.45, 2.75) is 13.3 Å². The second-order valence-electron chi connectivity index (χ2n) is 3.10. The van der Waals surface area contributed by atoms with Crippen molar-refractivity contribution < 1.29 is 9.53 Å². The third kappa shape index (κ3) is 3.23. The molecule has 1 aromatic rings. The summed E-state index contributed by atoms with van der Waals surface area (Å²) in [6.45, 7) is 2.70. The van der Waals surface area contributed by atoms with Crippen LogP contribution in [0.1, 0.15) is 23.7 Å². The van der Waals surface area contributed by atoms with Crippen LogP contribution in [0.5, 0.6) is 5.75 Å². The van der Waals surface area contributed by atoms with Crippen LogP contribution >= 0.6 is 15.9 Å². The molecule has 0 unspecified atom stereocenters. The van der Waals surface area contributed by atoms with Crippen molar-refractivity contribution in [3.63, 3.8) is 0 Å². The summed E-state index contributed by atoms with van der Waals surface area (Å²) in [5.74, 6) is 0.600. The summed E-state index contributed by atoms with van der Waals surface area (Å²) in [5, 5.41) is 2.82. The molecule has 0 radical (unpaired) electrons. The van der Waals surface area contributed by atoms with E-state index in [0.29, 0.717) is 17.9 Å². The van der Waals surface area contributed by atoms with Gasteiger partial charge in [0.15, 0.2) is 0 Å². The van der Waals surface area contributed by atoms with Crippen LogP contribution in [0.25, 0.3) is 0 Å². The standard InChI is InChI=1S/C11H14BrNO2/c1-3-6-13-11(14)9-7-8(15-2)4-5-10(9)12/h4-5,7H,3,6H2,1-2H3,(H,13,14). The number of nitrogens with one attached hydrogen (secondary N) is 1. The van der Waals surface area contributed by atoms with Gasteiger partial charge in [0.25, 0.3) is 5.91 Å². The summed E-state index contributed by atoms with van der Waals surface area (Å²) < 4.78 is 5.84. The van der Waals surface area contributed by atoms with Crippen LogP contribution in [-0.4, -0.2) is 19.6 Å². The first-order chi connectivity index (χ1) is 7.19. The van der Waals surface area contributed by atoms with E-state index in [1.165, 1.54) is 0 Å². The molecule has 0 bridgehead atoms. The number of hydrogen-bond donors (Lipinski definition) is 1. The molecule has 0 saturated carbocycles. The molecule has 0 aliphatic carbocycles. The Balaban J connectivity index is 2.86. The maximum absolute atomic E-state index is 11.7. The van der Waals surface area contributed by atoms with Crippen LogP contribution in [0.4, 0.5) is 0 Å². The number of carbonyl (C=O) groups is 1. The van der Waals surface area contributed by atoms with Crippen molar-refractivity contribution in [2.24, 2.45) is 0 Å². The minimum absolute atomic E-state index is 0.0809. The quantitative estimate of drug-likeness (QED) is 0.914. The van der Waals surface area contributed by atoms with Gasteiger partial charge in [-0.15, -0.1) is 0 Å². The summed E-state index contributed by atoms with van der Waals surface area (Å²) in [7, 11) is 1.58. The van der Waals surface area contributed by atoms with Crippen molar-refractivity contribution in [1.29, 1.82) is 0 Å². The van der Waals surface area contributed by atoms with Crippen molar-refractivity contribution in [3.8, 4) is 5.75 Å². The van der Waals surface area contributed by atoms with Crippen molar-refractivity contribution in [1.82, 2.24) is 5.32 Å². The molecule has 15 heavy (non-hydrogen) atoms. The van der Waals surface area contributed by atoms with Crippen LogP contribution in [-0.2, 0) is 0 Å². The largest absolute Gasteiger partial charge is 0.497 e. The number of rotatable bonds is 4. The number of ether oxygens (including phenoxy) is 1. The molecule has 4 heteroatoms.